The Labute approximate surface area is 111 Å². The number of halogens is 3. The Morgan fingerprint density at radius 2 is 2.11 bits per heavy atom. The molecule has 0 saturated carbocycles. The number of alkyl halides is 3. The summed E-state index contributed by atoms with van der Waals surface area (Å²) in [6.45, 7) is -1.35. The van der Waals surface area contributed by atoms with Gasteiger partial charge in [-0.25, -0.2) is 0 Å². The highest BCUT2D eigenvalue weighted by atomic mass is 79.9. The highest BCUT2D eigenvalue weighted by Gasteiger charge is 2.15. The fourth-order valence-electron chi connectivity index (χ4n) is 1.16. The van der Waals surface area contributed by atoms with Gasteiger partial charge in [-0.15, -0.1) is 0 Å². The average Bonchev–Trinajstić information content (AvgIpc) is 2.30. The van der Waals surface area contributed by atoms with E-state index in [1.165, 1.54) is 25.3 Å². The zero-order valence-electron chi connectivity index (χ0n) is 9.75. The van der Waals surface area contributed by atoms with Crippen LogP contribution in [0.5, 0.6) is 11.5 Å². The number of carbonyl (C=O) groups is 1. The number of hydrogen-bond acceptors (Lipinski definition) is 3. The van der Waals surface area contributed by atoms with Crippen LogP contribution < -0.4 is 14.8 Å². The molecule has 1 aromatic carbocycles. The van der Waals surface area contributed by atoms with Crippen LogP contribution in [0.4, 0.5) is 14.5 Å². The van der Waals surface area contributed by atoms with Crippen LogP contribution in [0.3, 0.4) is 0 Å². The minimum atomic E-state index is -2.96. The van der Waals surface area contributed by atoms with Crippen molar-refractivity contribution in [1.82, 2.24) is 0 Å². The van der Waals surface area contributed by atoms with E-state index in [1.807, 2.05) is 0 Å². The molecular formula is C11H12BrF2NO3. The second-order valence-electron chi connectivity index (χ2n) is 3.35. The van der Waals surface area contributed by atoms with Gasteiger partial charge in [-0.05, 0) is 19.1 Å². The van der Waals surface area contributed by atoms with Gasteiger partial charge in [0.05, 0.1) is 17.6 Å². The summed E-state index contributed by atoms with van der Waals surface area (Å²) >= 11 is 3.08. The maximum Gasteiger partial charge on any atom is 0.387 e. The Bertz CT molecular complexity index is 427. The molecule has 4 nitrogen and oxygen atoms in total. The molecule has 0 fully saturated rings. The number of hydrogen-bond donors (Lipinski definition) is 1. The van der Waals surface area contributed by atoms with Crippen LogP contribution in [0.15, 0.2) is 18.2 Å². The average molecular weight is 324 g/mol. The predicted molar refractivity (Wildman–Crippen MR) is 66.6 cm³/mol. The number of ether oxygens (including phenoxy) is 2. The van der Waals surface area contributed by atoms with Gasteiger partial charge in [0.15, 0.2) is 0 Å². The van der Waals surface area contributed by atoms with Crippen molar-refractivity contribution in [2.24, 2.45) is 0 Å². The van der Waals surface area contributed by atoms with Crippen molar-refractivity contribution < 1.29 is 23.0 Å². The van der Waals surface area contributed by atoms with Crippen molar-refractivity contribution in [2.75, 3.05) is 12.4 Å². The summed E-state index contributed by atoms with van der Waals surface area (Å²) in [5.41, 5.74) is 0.131. The van der Waals surface area contributed by atoms with E-state index in [2.05, 4.69) is 26.0 Å². The minimum Gasteiger partial charge on any atom is -0.497 e. The lowest BCUT2D eigenvalue weighted by Crippen LogP contribution is -2.20. The fraction of sp³-hybridized carbons (Fsp3) is 0.364. The predicted octanol–water partition coefficient (Wildman–Crippen LogP) is 3.02. The Kier molecular flexibility index (Phi) is 5.33. The van der Waals surface area contributed by atoms with E-state index in [-0.39, 0.29) is 17.3 Å². The van der Waals surface area contributed by atoms with E-state index in [9.17, 15) is 13.6 Å². The summed E-state index contributed by atoms with van der Waals surface area (Å²) in [6, 6.07) is 4.18. The van der Waals surface area contributed by atoms with E-state index < -0.39 is 11.4 Å². The Morgan fingerprint density at radius 3 is 2.61 bits per heavy atom. The molecule has 0 bridgehead atoms. The van der Waals surface area contributed by atoms with E-state index in [0.29, 0.717) is 5.75 Å². The van der Waals surface area contributed by atoms with Crippen molar-refractivity contribution in [3.8, 4) is 11.5 Å². The highest BCUT2D eigenvalue weighted by Crippen LogP contribution is 2.30. The van der Waals surface area contributed by atoms with Crippen LogP contribution in [-0.2, 0) is 4.79 Å². The Hall–Kier alpha value is -1.37. The normalized spacial score (nSPS) is 12.1. The number of anilines is 1. The van der Waals surface area contributed by atoms with Crippen molar-refractivity contribution in [3.05, 3.63) is 18.2 Å². The summed E-state index contributed by atoms with van der Waals surface area (Å²) in [4.78, 5) is 11.1. The Morgan fingerprint density at radius 1 is 1.44 bits per heavy atom. The molecule has 0 aliphatic carbocycles. The summed E-state index contributed by atoms with van der Waals surface area (Å²) in [6.07, 6.45) is 0. The third kappa shape index (κ3) is 4.14. The molecule has 100 valence electrons. The molecule has 7 heteroatoms. The molecule has 0 aliphatic rings. The topological polar surface area (TPSA) is 47.6 Å². The molecule has 0 saturated heterocycles. The molecule has 18 heavy (non-hydrogen) atoms. The minimum absolute atomic E-state index is 0.118. The van der Waals surface area contributed by atoms with Gasteiger partial charge >= 0.3 is 6.61 Å². The van der Waals surface area contributed by atoms with Gasteiger partial charge in [0.1, 0.15) is 11.5 Å². The second kappa shape index (κ2) is 6.53. The SMILES string of the molecule is COc1ccc(OC(F)F)c(NC(=O)C(C)Br)c1. The van der Waals surface area contributed by atoms with E-state index in [4.69, 9.17) is 4.74 Å². The molecule has 0 radical (unpaired) electrons. The first-order valence-corrected chi connectivity index (χ1v) is 5.93. The summed E-state index contributed by atoms with van der Waals surface area (Å²) < 4.78 is 33.7. The van der Waals surface area contributed by atoms with E-state index >= 15 is 0 Å². The quantitative estimate of drug-likeness (QED) is 0.847. The highest BCUT2D eigenvalue weighted by molar-refractivity contribution is 9.10. The van der Waals surface area contributed by atoms with Crippen molar-refractivity contribution in [3.63, 3.8) is 0 Å². The number of amides is 1. The maximum absolute atomic E-state index is 12.2. The molecule has 0 spiro atoms. The maximum atomic E-state index is 12.2. The Balaban J connectivity index is 2.99. The summed E-state index contributed by atoms with van der Waals surface area (Å²) in [5.74, 6) is -0.0659. The van der Waals surface area contributed by atoms with Crippen LogP contribution in [0.2, 0.25) is 0 Å². The summed E-state index contributed by atoms with van der Waals surface area (Å²) in [7, 11) is 1.43. The number of benzene rings is 1. The molecule has 1 atom stereocenters. The standard InChI is InChI=1S/C11H12BrF2NO3/c1-6(12)10(16)15-8-5-7(17-2)3-4-9(8)18-11(13)14/h3-6,11H,1-2H3,(H,15,16). The van der Waals surface area contributed by atoms with Gasteiger partial charge < -0.3 is 14.8 Å². The fourth-order valence-corrected chi connectivity index (χ4v) is 1.28. The van der Waals surface area contributed by atoms with Crippen LogP contribution in [0.1, 0.15) is 6.92 Å². The first-order valence-electron chi connectivity index (χ1n) is 5.02. The monoisotopic (exact) mass is 323 g/mol. The molecule has 1 amide bonds. The lowest BCUT2D eigenvalue weighted by Gasteiger charge is -2.13. The number of carbonyl (C=O) groups excluding carboxylic acids is 1. The van der Waals surface area contributed by atoms with Crippen LogP contribution in [0.25, 0.3) is 0 Å². The van der Waals surface area contributed by atoms with Crippen LogP contribution in [0, 0.1) is 0 Å². The molecule has 1 N–H and O–H groups in total. The van der Waals surface area contributed by atoms with Gasteiger partial charge in [-0.1, -0.05) is 15.9 Å². The van der Waals surface area contributed by atoms with Gasteiger partial charge in [0.2, 0.25) is 5.91 Å². The first kappa shape index (κ1) is 14.7. The molecular weight excluding hydrogens is 312 g/mol. The zero-order valence-corrected chi connectivity index (χ0v) is 11.3. The first-order chi connectivity index (χ1) is 8.43. The molecule has 0 aromatic heterocycles. The van der Waals surface area contributed by atoms with Gasteiger partial charge in [-0.2, -0.15) is 8.78 Å². The van der Waals surface area contributed by atoms with Gasteiger partial charge in [0.25, 0.3) is 0 Å². The van der Waals surface area contributed by atoms with Crippen LogP contribution in [-0.4, -0.2) is 24.5 Å². The number of methoxy groups -OCH3 is 1. The van der Waals surface area contributed by atoms with Gasteiger partial charge in [-0.3, -0.25) is 4.79 Å². The van der Waals surface area contributed by atoms with Crippen molar-refractivity contribution in [1.29, 1.82) is 0 Å². The molecule has 0 aliphatic heterocycles. The van der Waals surface area contributed by atoms with Crippen molar-refractivity contribution in [2.45, 2.75) is 18.4 Å². The molecule has 0 heterocycles. The molecule has 1 rings (SSSR count). The number of rotatable bonds is 5. The van der Waals surface area contributed by atoms with E-state index in [0.717, 1.165) is 0 Å². The lowest BCUT2D eigenvalue weighted by atomic mass is 10.2. The molecule has 1 unspecified atom stereocenters. The van der Waals surface area contributed by atoms with Crippen LogP contribution >= 0.6 is 15.9 Å². The second-order valence-corrected chi connectivity index (χ2v) is 4.72. The van der Waals surface area contributed by atoms with Crippen molar-refractivity contribution >= 4 is 27.5 Å². The zero-order chi connectivity index (χ0) is 13.7. The third-order valence-electron chi connectivity index (χ3n) is 2.02. The summed E-state index contributed by atoms with van der Waals surface area (Å²) in [5, 5.41) is 2.47. The third-order valence-corrected chi connectivity index (χ3v) is 2.44. The largest absolute Gasteiger partial charge is 0.497 e. The molecule has 1 aromatic rings. The lowest BCUT2D eigenvalue weighted by molar-refractivity contribution is -0.115. The van der Waals surface area contributed by atoms with E-state index in [1.54, 1.807) is 6.92 Å². The smallest absolute Gasteiger partial charge is 0.387 e. The van der Waals surface area contributed by atoms with Gasteiger partial charge in [0, 0.05) is 6.07 Å². The number of nitrogens with one attached hydrogen (secondary N) is 1.